The molecule has 1 saturated carbocycles. The predicted molar refractivity (Wildman–Crippen MR) is 56.2 cm³/mol. The van der Waals surface area contributed by atoms with Crippen LogP contribution in [0.15, 0.2) is 18.2 Å². The van der Waals surface area contributed by atoms with Gasteiger partial charge in [-0.25, -0.2) is 4.39 Å². The minimum Gasteiger partial charge on any atom is -0.319 e. The monoisotopic (exact) mass is 247 g/mol. The van der Waals surface area contributed by atoms with Crippen LogP contribution < -0.4 is 5.32 Å². The van der Waals surface area contributed by atoms with Crippen molar-refractivity contribution in [2.75, 3.05) is 13.6 Å². The van der Waals surface area contributed by atoms with E-state index in [9.17, 15) is 17.6 Å². The van der Waals surface area contributed by atoms with Gasteiger partial charge in [0.15, 0.2) is 0 Å². The first-order chi connectivity index (χ1) is 7.93. The number of nitrogens with one attached hydrogen (secondary N) is 1. The van der Waals surface area contributed by atoms with Crippen LogP contribution in [-0.4, -0.2) is 13.6 Å². The number of benzene rings is 1. The lowest BCUT2D eigenvalue weighted by Crippen LogP contribution is -2.12. The van der Waals surface area contributed by atoms with Crippen LogP contribution in [0.1, 0.15) is 23.5 Å². The van der Waals surface area contributed by atoms with E-state index in [0.29, 0.717) is 12.6 Å². The lowest BCUT2D eigenvalue weighted by Gasteiger charge is -2.12. The summed E-state index contributed by atoms with van der Waals surface area (Å²) in [6.45, 7) is 0.694. The zero-order valence-electron chi connectivity index (χ0n) is 9.31. The average Bonchev–Trinajstić information content (AvgIpc) is 2.96. The van der Waals surface area contributed by atoms with Crippen molar-refractivity contribution in [3.63, 3.8) is 0 Å². The van der Waals surface area contributed by atoms with Crippen molar-refractivity contribution in [2.45, 2.75) is 18.5 Å². The van der Waals surface area contributed by atoms with Gasteiger partial charge in [0.05, 0.1) is 5.56 Å². The smallest absolute Gasteiger partial charge is 0.319 e. The number of hydrogen-bond donors (Lipinski definition) is 1. The van der Waals surface area contributed by atoms with E-state index in [4.69, 9.17) is 0 Å². The molecule has 2 atom stereocenters. The summed E-state index contributed by atoms with van der Waals surface area (Å²) in [4.78, 5) is 0. The van der Waals surface area contributed by atoms with Crippen LogP contribution in [0.5, 0.6) is 0 Å². The maximum atomic E-state index is 12.9. The number of rotatable bonds is 3. The molecule has 5 heteroatoms. The first kappa shape index (κ1) is 12.4. The van der Waals surface area contributed by atoms with E-state index in [1.54, 1.807) is 7.05 Å². The molecule has 2 rings (SSSR count). The third-order valence-corrected chi connectivity index (χ3v) is 3.11. The van der Waals surface area contributed by atoms with Crippen LogP contribution in [0.3, 0.4) is 0 Å². The van der Waals surface area contributed by atoms with E-state index in [1.807, 2.05) is 0 Å². The Kier molecular flexibility index (Phi) is 3.12. The van der Waals surface area contributed by atoms with E-state index in [0.717, 1.165) is 12.5 Å². The van der Waals surface area contributed by atoms with Crippen molar-refractivity contribution < 1.29 is 17.6 Å². The Hall–Kier alpha value is -1.10. The summed E-state index contributed by atoms with van der Waals surface area (Å²) in [5.41, 5.74) is -0.611. The van der Waals surface area contributed by atoms with Gasteiger partial charge in [-0.3, -0.25) is 0 Å². The van der Waals surface area contributed by atoms with Gasteiger partial charge in [-0.15, -0.1) is 0 Å². The maximum Gasteiger partial charge on any atom is 0.416 e. The molecule has 0 saturated heterocycles. The zero-order valence-corrected chi connectivity index (χ0v) is 9.31. The summed E-state index contributed by atoms with van der Waals surface area (Å²) in [6.07, 6.45) is -3.75. The minimum atomic E-state index is -4.48. The second-order valence-electron chi connectivity index (χ2n) is 4.39. The topological polar surface area (TPSA) is 12.0 Å². The van der Waals surface area contributed by atoms with E-state index in [2.05, 4.69) is 5.32 Å². The van der Waals surface area contributed by atoms with Crippen molar-refractivity contribution in [1.29, 1.82) is 0 Å². The normalized spacial score (nSPS) is 23.8. The lowest BCUT2D eigenvalue weighted by atomic mass is 10.0. The average molecular weight is 247 g/mol. The molecular weight excluding hydrogens is 234 g/mol. The highest BCUT2D eigenvalue weighted by atomic mass is 19.4. The third-order valence-electron chi connectivity index (χ3n) is 3.11. The van der Waals surface area contributed by atoms with Crippen molar-refractivity contribution in [3.05, 3.63) is 35.1 Å². The van der Waals surface area contributed by atoms with Crippen LogP contribution in [0, 0.1) is 11.7 Å². The highest BCUT2D eigenvalue weighted by molar-refractivity contribution is 5.37. The Morgan fingerprint density at radius 2 is 2.06 bits per heavy atom. The molecule has 1 N–H and O–H groups in total. The van der Waals surface area contributed by atoms with Gasteiger partial charge in [-0.2, -0.15) is 13.2 Å². The fourth-order valence-electron chi connectivity index (χ4n) is 2.21. The number of halogens is 4. The molecule has 0 radical (unpaired) electrons. The molecule has 1 fully saturated rings. The molecule has 2 unspecified atom stereocenters. The summed E-state index contributed by atoms with van der Waals surface area (Å²) >= 11 is 0. The minimum absolute atomic E-state index is 0.0975. The second-order valence-corrected chi connectivity index (χ2v) is 4.39. The second kappa shape index (κ2) is 4.29. The van der Waals surface area contributed by atoms with Crippen molar-refractivity contribution in [3.8, 4) is 0 Å². The zero-order chi connectivity index (χ0) is 12.6. The summed E-state index contributed by atoms with van der Waals surface area (Å²) in [7, 11) is 1.77. The van der Waals surface area contributed by atoms with Crippen LogP contribution in [0.25, 0.3) is 0 Å². The van der Waals surface area contributed by atoms with Crippen molar-refractivity contribution in [1.82, 2.24) is 5.32 Å². The largest absolute Gasteiger partial charge is 0.416 e. The van der Waals surface area contributed by atoms with Gasteiger partial charge in [0.2, 0.25) is 0 Å². The molecule has 1 aliphatic rings. The molecule has 0 aromatic heterocycles. The van der Waals surface area contributed by atoms with E-state index >= 15 is 0 Å². The molecule has 0 bridgehead atoms. The van der Waals surface area contributed by atoms with Gasteiger partial charge in [0, 0.05) is 0 Å². The van der Waals surface area contributed by atoms with E-state index in [1.165, 1.54) is 6.07 Å². The molecule has 0 aliphatic heterocycles. The number of hydrogen-bond acceptors (Lipinski definition) is 1. The first-order valence-electron chi connectivity index (χ1n) is 5.44. The molecule has 94 valence electrons. The molecule has 1 aromatic carbocycles. The Morgan fingerprint density at radius 3 is 2.65 bits per heavy atom. The summed E-state index contributed by atoms with van der Waals surface area (Å²) < 4.78 is 51.1. The Balaban J connectivity index is 2.29. The lowest BCUT2D eigenvalue weighted by molar-refractivity contribution is -0.138. The van der Waals surface area contributed by atoms with Crippen molar-refractivity contribution >= 4 is 0 Å². The van der Waals surface area contributed by atoms with Gasteiger partial charge in [0.1, 0.15) is 5.82 Å². The van der Waals surface area contributed by atoms with Crippen LogP contribution in [0.2, 0.25) is 0 Å². The summed E-state index contributed by atoms with van der Waals surface area (Å²) in [6, 6.07) is 2.95. The fourth-order valence-corrected chi connectivity index (χ4v) is 2.21. The van der Waals surface area contributed by atoms with Gasteiger partial charge in [-0.05, 0) is 49.5 Å². The highest BCUT2D eigenvalue weighted by Gasteiger charge is 2.43. The Labute approximate surface area is 96.8 Å². The molecule has 1 nitrogen and oxygen atoms in total. The molecule has 1 aliphatic carbocycles. The molecule has 1 aromatic rings. The quantitative estimate of drug-likeness (QED) is 0.809. The fraction of sp³-hybridized carbons (Fsp3) is 0.500. The van der Waals surface area contributed by atoms with E-state index < -0.39 is 17.6 Å². The Morgan fingerprint density at radius 1 is 1.35 bits per heavy atom. The first-order valence-corrected chi connectivity index (χ1v) is 5.44. The number of alkyl halides is 3. The predicted octanol–water partition coefficient (Wildman–Crippen LogP) is 3.17. The molecular formula is C12H13F4N. The summed E-state index contributed by atoms with van der Waals surface area (Å²) in [5.74, 6) is -0.710. The maximum absolute atomic E-state index is 12.9. The highest BCUT2D eigenvalue weighted by Crippen LogP contribution is 2.50. The van der Waals surface area contributed by atoms with Crippen LogP contribution in [-0.2, 0) is 6.18 Å². The summed E-state index contributed by atoms with van der Waals surface area (Å²) in [5, 5.41) is 2.94. The Bertz CT molecular complexity index is 413. The van der Waals surface area contributed by atoms with Gasteiger partial charge in [-0.1, -0.05) is 6.07 Å². The van der Waals surface area contributed by atoms with Gasteiger partial charge < -0.3 is 5.32 Å². The van der Waals surface area contributed by atoms with Crippen molar-refractivity contribution in [2.24, 2.45) is 5.92 Å². The SMILES string of the molecule is CNCC1CC1c1ccc(F)cc1C(F)(F)F. The van der Waals surface area contributed by atoms with Crippen LogP contribution >= 0.6 is 0 Å². The molecule has 17 heavy (non-hydrogen) atoms. The molecule has 0 spiro atoms. The standard InChI is InChI=1S/C12H13F4N/c1-17-6-7-4-10(7)9-3-2-8(13)5-11(9)12(14,15)16/h2-3,5,7,10,17H,4,6H2,1H3. The van der Waals surface area contributed by atoms with Gasteiger partial charge in [0.25, 0.3) is 0 Å². The molecule has 0 amide bonds. The van der Waals surface area contributed by atoms with E-state index in [-0.39, 0.29) is 17.4 Å². The van der Waals surface area contributed by atoms with Crippen LogP contribution in [0.4, 0.5) is 17.6 Å². The molecule has 0 heterocycles. The third kappa shape index (κ3) is 2.60. The van der Waals surface area contributed by atoms with Gasteiger partial charge >= 0.3 is 6.18 Å².